The molecule has 0 aliphatic carbocycles. The molecule has 0 unspecified atom stereocenters. The van der Waals surface area contributed by atoms with E-state index in [2.05, 4.69) is 0 Å². The lowest BCUT2D eigenvalue weighted by atomic mass is 9.80. The van der Waals surface area contributed by atoms with Crippen molar-refractivity contribution < 1.29 is 14.8 Å². The van der Waals surface area contributed by atoms with Crippen LogP contribution in [0.2, 0.25) is 0 Å². The summed E-state index contributed by atoms with van der Waals surface area (Å²) in [5.41, 5.74) is 0.464. The largest absolute Gasteiger partial charge is 0.497 e. The fourth-order valence-corrected chi connectivity index (χ4v) is 0.776. The van der Waals surface area contributed by atoms with E-state index in [1.165, 1.54) is 0 Å². The molecule has 1 aromatic carbocycles. The molecule has 5 heteroatoms. The summed E-state index contributed by atoms with van der Waals surface area (Å²) in [6.45, 7) is 0. The van der Waals surface area contributed by atoms with Crippen LogP contribution < -0.4 is 10.2 Å². The first kappa shape index (κ1) is 11.1. The minimum absolute atomic E-state index is 0. The Balaban J connectivity index is 0.00000121. The Morgan fingerprint density at radius 3 is 2.00 bits per heavy atom. The van der Waals surface area contributed by atoms with Crippen molar-refractivity contribution in [3.63, 3.8) is 0 Å². The van der Waals surface area contributed by atoms with E-state index in [1.807, 2.05) is 0 Å². The smallest absolute Gasteiger partial charge is 0.488 e. The van der Waals surface area contributed by atoms with Gasteiger partial charge in [0.15, 0.2) is 0 Å². The van der Waals surface area contributed by atoms with Crippen LogP contribution in [-0.4, -0.2) is 32.7 Å². The Hall–Kier alpha value is -0.930. The van der Waals surface area contributed by atoms with Crippen molar-refractivity contribution in [1.29, 1.82) is 0 Å². The van der Waals surface area contributed by atoms with Gasteiger partial charge in [0, 0.05) is 8.41 Å². The number of benzene rings is 1. The SMILES string of the molecule is COc1ccc(B(O)O)cc1.[B]. The highest BCUT2D eigenvalue weighted by atomic mass is 16.5. The molecule has 0 heterocycles. The Kier molecular flexibility index (Phi) is 4.47. The zero-order valence-electron chi connectivity index (χ0n) is 6.77. The number of methoxy groups -OCH3 is 1. The lowest BCUT2D eigenvalue weighted by molar-refractivity contribution is 0.414. The molecular weight excluding hydrogens is 154 g/mol. The quantitative estimate of drug-likeness (QED) is 0.549. The van der Waals surface area contributed by atoms with E-state index in [0.29, 0.717) is 11.2 Å². The highest BCUT2D eigenvalue weighted by Crippen LogP contribution is 2.05. The van der Waals surface area contributed by atoms with Crippen molar-refractivity contribution in [2.24, 2.45) is 0 Å². The molecule has 61 valence electrons. The molecule has 2 N–H and O–H groups in total. The molecule has 0 saturated carbocycles. The summed E-state index contributed by atoms with van der Waals surface area (Å²) in [7, 11) is 0.158. The van der Waals surface area contributed by atoms with Gasteiger partial charge in [0.1, 0.15) is 5.75 Å². The van der Waals surface area contributed by atoms with Crippen LogP contribution in [0.15, 0.2) is 24.3 Å². The third kappa shape index (κ3) is 2.60. The molecule has 0 aromatic heterocycles. The van der Waals surface area contributed by atoms with Gasteiger partial charge in [-0.3, -0.25) is 0 Å². The van der Waals surface area contributed by atoms with E-state index in [-0.39, 0.29) is 8.41 Å². The first-order valence-corrected chi connectivity index (χ1v) is 3.24. The zero-order chi connectivity index (χ0) is 8.27. The van der Waals surface area contributed by atoms with Crippen LogP contribution in [0, 0.1) is 0 Å². The molecule has 0 fully saturated rings. The van der Waals surface area contributed by atoms with Crippen LogP contribution in [0.1, 0.15) is 0 Å². The molecule has 0 saturated heterocycles. The van der Waals surface area contributed by atoms with Gasteiger partial charge < -0.3 is 14.8 Å². The monoisotopic (exact) mass is 163 g/mol. The Labute approximate surface area is 73.7 Å². The zero-order valence-corrected chi connectivity index (χ0v) is 6.77. The van der Waals surface area contributed by atoms with E-state index in [0.717, 1.165) is 0 Å². The average Bonchev–Trinajstić information content (AvgIpc) is 2.05. The van der Waals surface area contributed by atoms with Crippen LogP contribution in [0.25, 0.3) is 0 Å². The molecule has 0 aliphatic heterocycles. The van der Waals surface area contributed by atoms with Gasteiger partial charge in [-0.1, -0.05) is 12.1 Å². The normalized spacial score (nSPS) is 8.58. The second kappa shape index (κ2) is 4.85. The fraction of sp³-hybridized carbons (Fsp3) is 0.143. The highest BCUT2D eigenvalue weighted by molar-refractivity contribution is 6.58. The van der Waals surface area contributed by atoms with Gasteiger partial charge in [-0.15, -0.1) is 0 Å². The fourth-order valence-electron chi connectivity index (χ4n) is 0.776. The summed E-state index contributed by atoms with van der Waals surface area (Å²) < 4.78 is 4.89. The maximum absolute atomic E-state index is 8.70. The van der Waals surface area contributed by atoms with Gasteiger partial charge in [-0.05, 0) is 17.6 Å². The van der Waals surface area contributed by atoms with E-state index in [1.54, 1.807) is 31.4 Å². The molecule has 12 heavy (non-hydrogen) atoms. The molecule has 3 radical (unpaired) electrons. The first-order valence-electron chi connectivity index (χ1n) is 3.24. The maximum atomic E-state index is 8.70. The van der Waals surface area contributed by atoms with Gasteiger partial charge in [0.05, 0.1) is 7.11 Å². The average molecular weight is 163 g/mol. The van der Waals surface area contributed by atoms with Crippen molar-refractivity contribution in [3.05, 3.63) is 24.3 Å². The lowest BCUT2D eigenvalue weighted by Crippen LogP contribution is -2.29. The van der Waals surface area contributed by atoms with Gasteiger partial charge in [-0.2, -0.15) is 0 Å². The maximum Gasteiger partial charge on any atom is 0.488 e. The third-order valence-corrected chi connectivity index (χ3v) is 1.41. The molecule has 1 aromatic rings. The summed E-state index contributed by atoms with van der Waals surface area (Å²) in [5.74, 6) is 0.703. The van der Waals surface area contributed by atoms with Gasteiger partial charge in [-0.25, -0.2) is 0 Å². The van der Waals surface area contributed by atoms with Crippen molar-refractivity contribution in [1.82, 2.24) is 0 Å². The summed E-state index contributed by atoms with van der Waals surface area (Å²) in [6.07, 6.45) is 0. The molecular formula is C7H9B2O3. The number of hydrogen-bond acceptors (Lipinski definition) is 3. The number of ether oxygens (including phenoxy) is 1. The molecule has 0 spiro atoms. The van der Waals surface area contributed by atoms with Crippen molar-refractivity contribution in [2.45, 2.75) is 0 Å². The highest BCUT2D eigenvalue weighted by Gasteiger charge is 2.09. The van der Waals surface area contributed by atoms with Gasteiger partial charge >= 0.3 is 7.12 Å². The Bertz CT molecular complexity index is 223. The predicted molar refractivity (Wildman–Crippen MR) is 48.6 cm³/mol. The summed E-state index contributed by atoms with van der Waals surface area (Å²) >= 11 is 0. The molecule has 0 aliphatic rings. The predicted octanol–water partition coefficient (Wildman–Crippen LogP) is -1.01. The van der Waals surface area contributed by atoms with Crippen LogP contribution in [-0.2, 0) is 0 Å². The van der Waals surface area contributed by atoms with Gasteiger partial charge in [0.2, 0.25) is 0 Å². The lowest BCUT2D eigenvalue weighted by Gasteiger charge is -2.00. The van der Waals surface area contributed by atoms with E-state index in [4.69, 9.17) is 14.8 Å². The minimum atomic E-state index is -1.40. The second-order valence-electron chi connectivity index (χ2n) is 2.15. The van der Waals surface area contributed by atoms with E-state index in [9.17, 15) is 0 Å². The van der Waals surface area contributed by atoms with E-state index < -0.39 is 7.12 Å². The minimum Gasteiger partial charge on any atom is -0.497 e. The number of hydrogen-bond donors (Lipinski definition) is 2. The molecule has 3 nitrogen and oxygen atoms in total. The van der Waals surface area contributed by atoms with Crippen LogP contribution in [0.4, 0.5) is 0 Å². The molecule has 0 bridgehead atoms. The first-order chi connectivity index (χ1) is 5.24. The molecule has 0 amide bonds. The molecule has 0 atom stereocenters. The topological polar surface area (TPSA) is 49.7 Å². The molecule has 1 rings (SSSR count). The third-order valence-electron chi connectivity index (χ3n) is 1.41. The van der Waals surface area contributed by atoms with Crippen molar-refractivity contribution in [3.8, 4) is 5.75 Å². The Morgan fingerprint density at radius 2 is 1.67 bits per heavy atom. The Morgan fingerprint density at radius 1 is 1.17 bits per heavy atom. The summed E-state index contributed by atoms with van der Waals surface area (Å²) in [6, 6.07) is 6.55. The second-order valence-corrected chi connectivity index (χ2v) is 2.15. The van der Waals surface area contributed by atoms with Crippen molar-refractivity contribution in [2.75, 3.05) is 7.11 Å². The van der Waals surface area contributed by atoms with E-state index >= 15 is 0 Å². The van der Waals surface area contributed by atoms with Crippen LogP contribution in [0.5, 0.6) is 5.75 Å². The summed E-state index contributed by atoms with van der Waals surface area (Å²) in [4.78, 5) is 0. The van der Waals surface area contributed by atoms with Crippen LogP contribution in [0.3, 0.4) is 0 Å². The number of rotatable bonds is 2. The standard InChI is InChI=1S/C7H9BO3.B/c1-11-7-4-2-6(3-5-7)8(9)10;/h2-5,9-10H,1H3;. The van der Waals surface area contributed by atoms with Crippen LogP contribution >= 0.6 is 0 Å². The van der Waals surface area contributed by atoms with Crippen molar-refractivity contribution >= 4 is 21.0 Å². The summed E-state index contributed by atoms with van der Waals surface area (Å²) in [5, 5.41) is 17.4. The van der Waals surface area contributed by atoms with Gasteiger partial charge in [0.25, 0.3) is 0 Å².